The number of nitrogens with zero attached hydrogens (tertiary/aromatic N) is 1. The molecule has 1 N–H and O–H groups in total. The molecule has 0 spiro atoms. The summed E-state index contributed by atoms with van der Waals surface area (Å²) in [5.74, 6) is -0.270. The van der Waals surface area contributed by atoms with E-state index in [1.807, 2.05) is 24.4 Å². The van der Waals surface area contributed by atoms with Gasteiger partial charge in [-0.05, 0) is 36.1 Å². The summed E-state index contributed by atoms with van der Waals surface area (Å²) in [6.45, 7) is 6.33. The zero-order valence-electron chi connectivity index (χ0n) is 12.8. The summed E-state index contributed by atoms with van der Waals surface area (Å²) in [7, 11) is -3.59. The number of β-amino-alcohol motifs (C(OH)–C–C–N with tert-alkyl or cyclic N) is 1. The molecule has 2 aromatic rings. The van der Waals surface area contributed by atoms with Crippen molar-refractivity contribution in [3.05, 3.63) is 58.8 Å². The lowest BCUT2D eigenvalue weighted by molar-refractivity contribution is 0.167. The Bertz CT molecular complexity index is 795. The van der Waals surface area contributed by atoms with Gasteiger partial charge in [-0.15, -0.1) is 11.3 Å². The van der Waals surface area contributed by atoms with Gasteiger partial charge in [-0.2, -0.15) is 4.31 Å². The Hall–Kier alpha value is -1.47. The summed E-state index contributed by atoms with van der Waals surface area (Å²) >= 11 is 1.55. The summed E-state index contributed by atoms with van der Waals surface area (Å²) in [5.41, 5.74) is 1.81. The summed E-state index contributed by atoms with van der Waals surface area (Å²) in [4.78, 5) is 1.25. The Kier molecular flexibility index (Phi) is 4.42. The number of benzene rings is 1. The fraction of sp³-hybridized carbons (Fsp3) is 0.294. The van der Waals surface area contributed by atoms with E-state index in [1.165, 1.54) is 4.31 Å². The van der Waals surface area contributed by atoms with E-state index in [-0.39, 0.29) is 23.9 Å². The largest absolute Gasteiger partial charge is 0.391 e. The lowest BCUT2D eigenvalue weighted by atomic mass is 9.96. The summed E-state index contributed by atoms with van der Waals surface area (Å²) < 4.78 is 26.8. The molecule has 6 heteroatoms. The molecule has 1 aromatic carbocycles. The van der Waals surface area contributed by atoms with E-state index in [2.05, 4.69) is 6.58 Å². The molecule has 122 valence electrons. The van der Waals surface area contributed by atoms with Crippen LogP contribution in [0, 0.1) is 12.8 Å². The predicted octanol–water partition coefficient (Wildman–Crippen LogP) is 2.75. The second-order valence-corrected chi connectivity index (χ2v) is 8.70. The highest BCUT2D eigenvalue weighted by atomic mass is 32.2. The minimum Gasteiger partial charge on any atom is -0.391 e. The molecule has 0 amide bonds. The Morgan fingerprint density at radius 3 is 2.57 bits per heavy atom. The molecular formula is C17H19NO3S2. The molecule has 1 saturated heterocycles. The van der Waals surface area contributed by atoms with Crippen LogP contribution in [0.2, 0.25) is 0 Å². The van der Waals surface area contributed by atoms with Crippen LogP contribution in [0.5, 0.6) is 0 Å². The molecule has 0 saturated carbocycles. The number of aliphatic hydroxyl groups excluding tert-OH is 1. The molecule has 0 aliphatic carbocycles. The molecule has 1 aliphatic rings. The lowest BCUT2D eigenvalue weighted by Crippen LogP contribution is -2.29. The van der Waals surface area contributed by atoms with E-state index in [4.69, 9.17) is 0 Å². The molecule has 0 unspecified atom stereocenters. The van der Waals surface area contributed by atoms with Crippen LogP contribution in [0.1, 0.15) is 10.4 Å². The predicted molar refractivity (Wildman–Crippen MR) is 92.8 cm³/mol. The number of sulfonamides is 1. The van der Waals surface area contributed by atoms with Gasteiger partial charge in [0.15, 0.2) is 0 Å². The van der Waals surface area contributed by atoms with Crippen molar-refractivity contribution in [1.29, 1.82) is 0 Å². The minimum atomic E-state index is -3.59. The fourth-order valence-corrected chi connectivity index (χ4v) is 5.04. The number of aliphatic hydroxyl groups is 1. The van der Waals surface area contributed by atoms with Crippen molar-refractivity contribution in [1.82, 2.24) is 4.31 Å². The first kappa shape index (κ1) is 16.4. The standard InChI is InChI=1S/C17H19NO3S2/c1-12-5-7-14(8-6-12)23(20,21)18-10-15(16(19)11-18)13(2)17-4-3-9-22-17/h3-9,15-16,19H,2,10-11H2,1H3/t15-,16-/m0/s1. The first-order valence-corrected chi connectivity index (χ1v) is 9.69. The van der Waals surface area contributed by atoms with E-state index in [1.54, 1.807) is 35.6 Å². The van der Waals surface area contributed by atoms with Gasteiger partial charge < -0.3 is 5.11 Å². The van der Waals surface area contributed by atoms with Gasteiger partial charge in [0.1, 0.15) is 0 Å². The molecule has 2 heterocycles. The van der Waals surface area contributed by atoms with E-state index in [0.29, 0.717) is 0 Å². The summed E-state index contributed by atoms with van der Waals surface area (Å²) in [6.07, 6.45) is -0.732. The summed E-state index contributed by atoms with van der Waals surface area (Å²) in [5, 5.41) is 12.3. The third-order valence-corrected chi connectivity index (χ3v) is 6.99. The van der Waals surface area contributed by atoms with Crippen molar-refractivity contribution in [3.8, 4) is 0 Å². The SMILES string of the molecule is C=C(c1cccs1)[C@@H]1CN(S(=O)(=O)c2ccc(C)cc2)C[C@@H]1O. The normalized spacial score (nSPS) is 22.3. The van der Waals surface area contributed by atoms with Crippen molar-refractivity contribution >= 4 is 26.9 Å². The van der Waals surface area contributed by atoms with Crippen LogP contribution in [0.3, 0.4) is 0 Å². The molecular weight excluding hydrogens is 330 g/mol. The molecule has 2 atom stereocenters. The van der Waals surface area contributed by atoms with Crippen LogP contribution < -0.4 is 0 Å². The van der Waals surface area contributed by atoms with Crippen LogP contribution >= 0.6 is 11.3 Å². The van der Waals surface area contributed by atoms with Gasteiger partial charge in [-0.25, -0.2) is 8.42 Å². The number of thiophene rings is 1. The third-order valence-electron chi connectivity index (χ3n) is 4.20. The zero-order valence-corrected chi connectivity index (χ0v) is 14.5. The molecule has 23 heavy (non-hydrogen) atoms. The highest BCUT2D eigenvalue weighted by Gasteiger charge is 2.40. The average molecular weight is 349 g/mol. The van der Waals surface area contributed by atoms with Crippen molar-refractivity contribution < 1.29 is 13.5 Å². The molecule has 1 aliphatic heterocycles. The Morgan fingerprint density at radius 1 is 1.26 bits per heavy atom. The van der Waals surface area contributed by atoms with Gasteiger partial charge in [0.05, 0.1) is 11.0 Å². The highest BCUT2D eigenvalue weighted by molar-refractivity contribution is 7.89. The van der Waals surface area contributed by atoms with Crippen LogP contribution in [0.15, 0.2) is 53.3 Å². The fourth-order valence-electron chi connectivity index (χ4n) is 2.79. The molecule has 0 bridgehead atoms. The molecule has 1 fully saturated rings. The maximum atomic E-state index is 12.7. The Morgan fingerprint density at radius 2 is 1.96 bits per heavy atom. The van der Waals surface area contributed by atoms with E-state index >= 15 is 0 Å². The highest BCUT2D eigenvalue weighted by Crippen LogP contribution is 2.34. The molecule has 3 rings (SSSR count). The third kappa shape index (κ3) is 3.12. The Balaban J connectivity index is 1.83. The molecule has 4 nitrogen and oxygen atoms in total. The lowest BCUT2D eigenvalue weighted by Gasteiger charge is -2.17. The van der Waals surface area contributed by atoms with E-state index in [9.17, 15) is 13.5 Å². The smallest absolute Gasteiger partial charge is 0.243 e. The summed E-state index contributed by atoms with van der Waals surface area (Å²) in [6, 6.07) is 10.6. The number of aryl methyl sites for hydroxylation is 1. The van der Waals surface area contributed by atoms with Crippen molar-refractivity contribution in [2.24, 2.45) is 5.92 Å². The van der Waals surface area contributed by atoms with Crippen LogP contribution in [0.4, 0.5) is 0 Å². The Labute approximate surface area is 140 Å². The topological polar surface area (TPSA) is 57.6 Å². The number of hydrogen-bond donors (Lipinski definition) is 1. The number of hydrogen-bond acceptors (Lipinski definition) is 4. The minimum absolute atomic E-state index is 0.102. The van der Waals surface area contributed by atoms with Crippen molar-refractivity contribution in [2.45, 2.75) is 17.9 Å². The van der Waals surface area contributed by atoms with Gasteiger partial charge in [0, 0.05) is 23.9 Å². The van der Waals surface area contributed by atoms with Crippen LogP contribution in [-0.2, 0) is 10.0 Å². The van der Waals surface area contributed by atoms with Crippen molar-refractivity contribution in [3.63, 3.8) is 0 Å². The van der Waals surface area contributed by atoms with Gasteiger partial charge in [-0.1, -0.05) is 30.3 Å². The monoisotopic (exact) mass is 349 g/mol. The van der Waals surface area contributed by atoms with Gasteiger partial charge >= 0.3 is 0 Å². The van der Waals surface area contributed by atoms with Crippen LogP contribution in [0.25, 0.3) is 5.57 Å². The second-order valence-electron chi connectivity index (χ2n) is 5.81. The van der Waals surface area contributed by atoms with E-state index in [0.717, 1.165) is 16.0 Å². The quantitative estimate of drug-likeness (QED) is 0.923. The average Bonchev–Trinajstić information content (AvgIpc) is 3.16. The maximum Gasteiger partial charge on any atom is 0.243 e. The van der Waals surface area contributed by atoms with E-state index < -0.39 is 16.1 Å². The first-order chi connectivity index (χ1) is 10.9. The van der Waals surface area contributed by atoms with Gasteiger partial charge in [-0.3, -0.25) is 0 Å². The number of rotatable bonds is 4. The zero-order chi connectivity index (χ0) is 16.6. The second kappa shape index (κ2) is 6.20. The maximum absolute atomic E-state index is 12.7. The van der Waals surface area contributed by atoms with Gasteiger partial charge in [0.25, 0.3) is 0 Å². The molecule has 1 aromatic heterocycles. The first-order valence-electron chi connectivity index (χ1n) is 7.37. The van der Waals surface area contributed by atoms with Crippen LogP contribution in [-0.4, -0.2) is 37.0 Å². The van der Waals surface area contributed by atoms with Gasteiger partial charge in [0.2, 0.25) is 10.0 Å². The molecule has 0 radical (unpaired) electrons. The van der Waals surface area contributed by atoms with Crippen molar-refractivity contribution in [2.75, 3.05) is 13.1 Å².